The minimum Gasteiger partial charge on any atom is -0.494 e. The quantitative estimate of drug-likeness (QED) is 0.338. The van der Waals surface area contributed by atoms with Gasteiger partial charge in [-0.15, -0.1) is 0 Å². The van der Waals surface area contributed by atoms with Crippen molar-refractivity contribution in [2.24, 2.45) is 0 Å². The summed E-state index contributed by atoms with van der Waals surface area (Å²) in [6.07, 6.45) is 4.68. The van der Waals surface area contributed by atoms with Gasteiger partial charge in [0.25, 0.3) is 0 Å². The third-order valence-corrected chi connectivity index (χ3v) is 3.45. The lowest BCUT2D eigenvalue weighted by atomic mass is 10.2. The molecule has 4 nitrogen and oxygen atoms in total. The van der Waals surface area contributed by atoms with E-state index in [1.54, 1.807) is 48.5 Å². The molecule has 0 aliphatic carbocycles. The number of rotatable bonds is 8. The van der Waals surface area contributed by atoms with E-state index < -0.39 is 5.97 Å². The Morgan fingerprint density at radius 3 is 2.22 bits per heavy atom. The number of nitrogen functional groups attached to an aromatic ring is 1. The van der Waals surface area contributed by atoms with Crippen LogP contribution in [0.3, 0.4) is 0 Å². The van der Waals surface area contributed by atoms with Gasteiger partial charge in [-0.2, -0.15) is 0 Å². The Morgan fingerprint density at radius 1 is 0.913 bits per heavy atom. The summed E-state index contributed by atoms with van der Waals surface area (Å²) in [6.45, 7) is 2.89. The number of esters is 1. The number of carbonyl (C=O) groups excluding carboxylic acids is 1. The number of carbonyl (C=O) groups is 1. The number of unbranched alkanes of at least 4 members (excludes halogenated alkanes) is 3. The second kappa shape index (κ2) is 8.83. The molecule has 0 atom stereocenters. The second-order valence-electron chi connectivity index (χ2n) is 5.39. The molecule has 0 aromatic heterocycles. The van der Waals surface area contributed by atoms with Crippen molar-refractivity contribution in [1.82, 2.24) is 0 Å². The van der Waals surface area contributed by atoms with Gasteiger partial charge < -0.3 is 15.2 Å². The number of anilines is 1. The lowest BCUT2D eigenvalue weighted by Crippen LogP contribution is -2.08. The SMILES string of the molecule is CCCCCCOc1ccc(C(=O)Oc2ccc(N)cc2)cc1. The number of hydrogen-bond donors (Lipinski definition) is 1. The molecule has 0 radical (unpaired) electrons. The van der Waals surface area contributed by atoms with E-state index in [2.05, 4.69) is 6.92 Å². The van der Waals surface area contributed by atoms with Crippen LogP contribution in [0, 0.1) is 0 Å². The highest BCUT2D eigenvalue weighted by atomic mass is 16.5. The first-order chi connectivity index (χ1) is 11.2. The summed E-state index contributed by atoms with van der Waals surface area (Å²) in [6, 6.07) is 13.7. The van der Waals surface area contributed by atoms with Gasteiger partial charge in [-0.3, -0.25) is 0 Å². The molecule has 0 unspecified atom stereocenters. The fourth-order valence-corrected chi connectivity index (χ4v) is 2.11. The van der Waals surface area contributed by atoms with Crippen molar-refractivity contribution in [2.45, 2.75) is 32.6 Å². The van der Waals surface area contributed by atoms with Crippen LogP contribution in [0.5, 0.6) is 11.5 Å². The normalized spacial score (nSPS) is 10.3. The zero-order valence-electron chi connectivity index (χ0n) is 13.5. The van der Waals surface area contributed by atoms with E-state index in [0.717, 1.165) is 12.2 Å². The van der Waals surface area contributed by atoms with Crippen LogP contribution in [0.2, 0.25) is 0 Å². The highest BCUT2D eigenvalue weighted by molar-refractivity contribution is 5.91. The van der Waals surface area contributed by atoms with E-state index >= 15 is 0 Å². The molecule has 4 heteroatoms. The summed E-state index contributed by atoms with van der Waals surface area (Å²) < 4.78 is 10.9. The average Bonchev–Trinajstić information content (AvgIpc) is 2.57. The zero-order chi connectivity index (χ0) is 16.5. The van der Waals surface area contributed by atoms with Gasteiger partial charge in [0.15, 0.2) is 0 Å². The van der Waals surface area contributed by atoms with Crippen LogP contribution in [0.25, 0.3) is 0 Å². The summed E-state index contributed by atoms with van der Waals surface area (Å²) in [5.41, 5.74) is 6.71. The summed E-state index contributed by atoms with van der Waals surface area (Å²) in [7, 11) is 0. The third kappa shape index (κ3) is 5.66. The van der Waals surface area contributed by atoms with Gasteiger partial charge in [0.2, 0.25) is 0 Å². The first-order valence-corrected chi connectivity index (χ1v) is 7.99. The predicted octanol–water partition coefficient (Wildman–Crippen LogP) is 4.45. The summed E-state index contributed by atoms with van der Waals surface area (Å²) in [4.78, 5) is 12.0. The van der Waals surface area contributed by atoms with Gasteiger partial charge in [-0.25, -0.2) is 4.79 Å². The van der Waals surface area contributed by atoms with Gasteiger partial charge >= 0.3 is 5.97 Å². The predicted molar refractivity (Wildman–Crippen MR) is 91.9 cm³/mol. The van der Waals surface area contributed by atoms with E-state index in [9.17, 15) is 4.79 Å². The molecule has 0 bridgehead atoms. The average molecular weight is 313 g/mol. The molecule has 0 saturated heterocycles. The molecule has 2 rings (SSSR count). The largest absolute Gasteiger partial charge is 0.494 e. The third-order valence-electron chi connectivity index (χ3n) is 3.45. The molecular weight excluding hydrogens is 290 g/mol. The highest BCUT2D eigenvalue weighted by Gasteiger charge is 2.08. The van der Waals surface area contributed by atoms with Gasteiger partial charge in [0, 0.05) is 5.69 Å². The van der Waals surface area contributed by atoms with Gasteiger partial charge in [-0.05, 0) is 55.0 Å². The molecule has 0 aliphatic heterocycles. The van der Waals surface area contributed by atoms with Crippen LogP contribution in [0.15, 0.2) is 48.5 Å². The Morgan fingerprint density at radius 2 is 1.57 bits per heavy atom. The van der Waals surface area contributed by atoms with E-state index in [0.29, 0.717) is 23.6 Å². The first kappa shape index (κ1) is 16.9. The van der Waals surface area contributed by atoms with Gasteiger partial charge in [0.1, 0.15) is 11.5 Å². The smallest absolute Gasteiger partial charge is 0.343 e. The molecule has 23 heavy (non-hydrogen) atoms. The highest BCUT2D eigenvalue weighted by Crippen LogP contribution is 2.17. The minimum atomic E-state index is -0.399. The number of nitrogens with two attached hydrogens (primary N) is 1. The van der Waals surface area contributed by atoms with Crippen LogP contribution in [0.1, 0.15) is 43.0 Å². The number of ether oxygens (including phenoxy) is 2. The molecule has 2 N–H and O–H groups in total. The Hall–Kier alpha value is -2.49. The number of benzene rings is 2. The molecule has 122 valence electrons. The molecule has 2 aromatic carbocycles. The Bertz CT molecular complexity index is 606. The maximum atomic E-state index is 12.0. The lowest BCUT2D eigenvalue weighted by molar-refractivity contribution is 0.0734. The Balaban J connectivity index is 1.83. The van der Waals surface area contributed by atoms with Crippen molar-refractivity contribution in [2.75, 3.05) is 12.3 Å². The van der Waals surface area contributed by atoms with Crippen molar-refractivity contribution >= 4 is 11.7 Å². The van der Waals surface area contributed by atoms with Crippen molar-refractivity contribution in [1.29, 1.82) is 0 Å². The molecule has 2 aromatic rings. The van der Waals surface area contributed by atoms with E-state index in [1.807, 2.05) is 0 Å². The van der Waals surface area contributed by atoms with Crippen LogP contribution in [0.4, 0.5) is 5.69 Å². The van der Waals surface area contributed by atoms with Crippen LogP contribution < -0.4 is 15.2 Å². The molecule has 0 amide bonds. The minimum absolute atomic E-state index is 0.399. The summed E-state index contributed by atoms with van der Waals surface area (Å²) >= 11 is 0. The second-order valence-corrected chi connectivity index (χ2v) is 5.39. The van der Waals surface area contributed by atoms with Gasteiger partial charge in [-0.1, -0.05) is 26.2 Å². The van der Waals surface area contributed by atoms with Crippen molar-refractivity contribution in [3.63, 3.8) is 0 Å². The molecule has 0 aliphatic rings. The Kier molecular flexibility index (Phi) is 6.48. The Labute approximate surface area is 137 Å². The first-order valence-electron chi connectivity index (χ1n) is 7.99. The fraction of sp³-hybridized carbons (Fsp3) is 0.316. The van der Waals surface area contributed by atoms with Crippen molar-refractivity contribution < 1.29 is 14.3 Å². The lowest BCUT2D eigenvalue weighted by Gasteiger charge is -2.07. The standard InChI is InChI=1S/C19H23NO3/c1-2-3-4-5-14-22-17-10-6-15(7-11-17)19(21)23-18-12-8-16(20)9-13-18/h6-13H,2-5,14,20H2,1H3. The monoisotopic (exact) mass is 313 g/mol. The van der Waals surface area contributed by atoms with E-state index in [1.165, 1.54) is 19.3 Å². The molecule has 0 saturated carbocycles. The van der Waals surface area contributed by atoms with E-state index in [-0.39, 0.29) is 0 Å². The number of hydrogen-bond acceptors (Lipinski definition) is 4. The molecule has 0 heterocycles. The summed E-state index contributed by atoms with van der Waals surface area (Å²) in [5, 5.41) is 0. The van der Waals surface area contributed by atoms with Crippen molar-refractivity contribution in [3.8, 4) is 11.5 Å². The maximum absolute atomic E-state index is 12.0. The van der Waals surface area contributed by atoms with Crippen LogP contribution in [-0.2, 0) is 0 Å². The van der Waals surface area contributed by atoms with Crippen LogP contribution >= 0.6 is 0 Å². The zero-order valence-corrected chi connectivity index (χ0v) is 13.5. The summed E-state index contributed by atoms with van der Waals surface area (Å²) in [5.74, 6) is 0.843. The molecule has 0 spiro atoms. The molecular formula is C19H23NO3. The van der Waals surface area contributed by atoms with E-state index in [4.69, 9.17) is 15.2 Å². The maximum Gasteiger partial charge on any atom is 0.343 e. The topological polar surface area (TPSA) is 61.5 Å². The molecule has 0 fully saturated rings. The van der Waals surface area contributed by atoms with Crippen molar-refractivity contribution in [3.05, 3.63) is 54.1 Å². The van der Waals surface area contributed by atoms with Crippen LogP contribution in [-0.4, -0.2) is 12.6 Å². The van der Waals surface area contributed by atoms with Gasteiger partial charge in [0.05, 0.1) is 12.2 Å². The fourth-order valence-electron chi connectivity index (χ4n) is 2.11.